The molecule has 0 aromatic heterocycles. The van der Waals surface area contributed by atoms with Gasteiger partial charge in [0.2, 0.25) is 10.0 Å². The van der Waals surface area contributed by atoms with E-state index in [0.717, 1.165) is 19.3 Å². The van der Waals surface area contributed by atoms with Gasteiger partial charge in [0.1, 0.15) is 4.90 Å². The van der Waals surface area contributed by atoms with Crippen molar-refractivity contribution >= 4 is 21.6 Å². The van der Waals surface area contributed by atoms with Crippen LogP contribution in [0.3, 0.4) is 0 Å². The van der Waals surface area contributed by atoms with Crippen molar-refractivity contribution in [3.05, 3.63) is 29.3 Å². The van der Waals surface area contributed by atoms with Gasteiger partial charge in [-0.2, -0.15) is 4.31 Å². The molecule has 2 aliphatic rings. The molecular weight excluding hydrogens is 294 g/mol. The number of fused-ring (bicyclic) bond motifs is 1. The first-order chi connectivity index (χ1) is 9.60. The van der Waals surface area contributed by atoms with Crippen LogP contribution < -0.4 is 0 Å². The molecule has 0 amide bonds. The van der Waals surface area contributed by atoms with Crippen molar-refractivity contribution in [3.63, 3.8) is 0 Å². The number of sulfonamides is 1. The molecule has 0 unspecified atom stereocenters. The van der Waals surface area contributed by atoms with Crippen LogP contribution in [-0.4, -0.2) is 25.3 Å². The fraction of sp³-hybridized carbons (Fsp3) is 0.600. The Kier molecular flexibility index (Phi) is 4.07. The lowest BCUT2D eigenvalue weighted by molar-refractivity contribution is 0.129. The Labute approximate surface area is 126 Å². The SMILES string of the molecule is O=S(=O)(c1ccccc1Cl)N1CCC[C@@H]2CCCC[C@@H]21. The molecule has 5 heteroatoms. The van der Waals surface area contributed by atoms with Crippen LogP contribution in [-0.2, 0) is 10.0 Å². The smallest absolute Gasteiger partial charge is 0.207 e. The summed E-state index contributed by atoms with van der Waals surface area (Å²) in [6.07, 6.45) is 6.66. The van der Waals surface area contributed by atoms with Crippen molar-refractivity contribution in [1.29, 1.82) is 0 Å². The largest absolute Gasteiger partial charge is 0.244 e. The maximum atomic E-state index is 12.9. The number of nitrogens with zero attached hydrogens (tertiary/aromatic N) is 1. The highest BCUT2D eigenvalue weighted by atomic mass is 35.5. The Hall–Kier alpha value is -0.580. The molecule has 1 aliphatic heterocycles. The van der Waals surface area contributed by atoms with Gasteiger partial charge < -0.3 is 0 Å². The molecule has 2 atom stereocenters. The lowest BCUT2D eigenvalue weighted by Gasteiger charge is -2.43. The molecule has 110 valence electrons. The monoisotopic (exact) mass is 313 g/mol. The van der Waals surface area contributed by atoms with E-state index < -0.39 is 10.0 Å². The Balaban J connectivity index is 1.96. The number of rotatable bonds is 2. The number of hydrogen-bond donors (Lipinski definition) is 0. The minimum Gasteiger partial charge on any atom is -0.207 e. The molecule has 3 rings (SSSR count). The molecule has 3 nitrogen and oxygen atoms in total. The minimum absolute atomic E-state index is 0.179. The second-order valence-electron chi connectivity index (χ2n) is 5.80. The van der Waals surface area contributed by atoms with Gasteiger partial charge in [-0.3, -0.25) is 0 Å². The maximum Gasteiger partial charge on any atom is 0.244 e. The first-order valence-electron chi connectivity index (χ1n) is 7.37. The first-order valence-corrected chi connectivity index (χ1v) is 9.19. The first kappa shape index (κ1) is 14.4. The molecule has 0 radical (unpaired) electrons. The summed E-state index contributed by atoms with van der Waals surface area (Å²) in [5.74, 6) is 0.537. The van der Waals surface area contributed by atoms with Gasteiger partial charge in [0.25, 0.3) is 0 Å². The molecule has 1 saturated carbocycles. The quantitative estimate of drug-likeness (QED) is 0.835. The third-order valence-corrected chi connectivity index (χ3v) is 7.04. The lowest BCUT2D eigenvalue weighted by atomic mass is 9.79. The second kappa shape index (κ2) is 5.66. The molecule has 1 aromatic rings. The normalized spacial score (nSPS) is 28.1. The predicted octanol–water partition coefficient (Wildman–Crippen LogP) is 3.68. The van der Waals surface area contributed by atoms with Crippen molar-refractivity contribution in [2.45, 2.75) is 49.5 Å². The average molecular weight is 314 g/mol. The number of hydrogen-bond acceptors (Lipinski definition) is 2. The molecule has 0 bridgehead atoms. The zero-order chi connectivity index (χ0) is 14.2. The predicted molar refractivity (Wildman–Crippen MR) is 80.3 cm³/mol. The fourth-order valence-electron chi connectivity index (χ4n) is 3.66. The van der Waals surface area contributed by atoms with E-state index in [1.165, 1.54) is 19.3 Å². The van der Waals surface area contributed by atoms with Crippen molar-refractivity contribution in [2.75, 3.05) is 6.54 Å². The van der Waals surface area contributed by atoms with Gasteiger partial charge >= 0.3 is 0 Å². The number of piperidine rings is 1. The van der Waals surface area contributed by atoms with Crippen molar-refractivity contribution in [2.24, 2.45) is 5.92 Å². The number of benzene rings is 1. The van der Waals surface area contributed by atoms with Gasteiger partial charge in [-0.25, -0.2) is 8.42 Å². The van der Waals surface area contributed by atoms with Gasteiger partial charge in [0.05, 0.1) is 5.02 Å². The van der Waals surface area contributed by atoms with Crippen LogP contribution in [0.5, 0.6) is 0 Å². The molecule has 1 aromatic carbocycles. The lowest BCUT2D eigenvalue weighted by Crippen LogP contribution is -2.49. The summed E-state index contributed by atoms with van der Waals surface area (Å²) < 4.78 is 27.5. The molecule has 1 aliphatic carbocycles. The summed E-state index contributed by atoms with van der Waals surface area (Å²) in [4.78, 5) is 0.257. The third-order valence-electron chi connectivity index (χ3n) is 4.62. The Morgan fingerprint density at radius 1 is 1.05 bits per heavy atom. The van der Waals surface area contributed by atoms with E-state index in [1.54, 1.807) is 28.6 Å². The summed E-state index contributed by atoms with van der Waals surface area (Å²) in [5, 5.41) is 0.324. The van der Waals surface area contributed by atoms with Gasteiger partial charge in [-0.1, -0.05) is 36.6 Å². The van der Waals surface area contributed by atoms with E-state index in [-0.39, 0.29) is 10.9 Å². The Morgan fingerprint density at radius 2 is 1.75 bits per heavy atom. The number of halogens is 1. The average Bonchev–Trinajstić information content (AvgIpc) is 2.47. The van der Waals surface area contributed by atoms with E-state index in [2.05, 4.69) is 0 Å². The van der Waals surface area contributed by atoms with Crippen LogP contribution in [0.15, 0.2) is 29.2 Å². The molecular formula is C15H20ClNO2S. The van der Waals surface area contributed by atoms with Gasteiger partial charge in [-0.15, -0.1) is 0 Å². The van der Waals surface area contributed by atoms with E-state index in [1.807, 2.05) is 0 Å². The molecule has 0 spiro atoms. The Morgan fingerprint density at radius 3 is 2.55 bits per heavy atom. The van der Waals surface area contributed by atoms with Crippen molar-refractivity contribution in [1.82, 2.24) is 4.31 Å². The van der Waals surface area contributed by atoms with Gasteiger partial charge in [0, 0.05) is 12.6 Å². The van der Waals surface area contributed by atoms with E-state index >= 15 is 0 Å². The summed E-state index contributed by atoms with van der Waals surface area (Å²) >= 11 is 6.10. The van der Waals surface area contributed by atoms with Crippen molar-refractivity contribution < 1.29 is 8.42 Å². The van der Waals surface area contributed by atoms with Crippen LogP contribution in [0, 0.1) is 5.92 Å². The zero-order valence-corrected chi connectivity index (χ0v) is 13.0. The topological polar surface area (TPSA) is 37.4 Å². The van der Waals surface area contributed by atoms with Gasteiger partial charge in [0.15, 0.2) is 0 Å². The minimum atomic E-state index is -3.46. The molecule has 20 heavy (non-hydrogen) atoms. The van der Waals surface area contributed by atoms with E-state index in [9.17, 15) is 8.42 Å². The summed E-state index contributed by atoms with van der Waals surface area (Å²) in [7, 11) is -3.46. The highest BCUT2D eigenvalue weighted by Crippen LogP contribution is 2.38. The fourth-order valence-corrected chi connectivity index (χ4v) is 5.91. The molecule has 1 saturated heterocycles. The molecule has 2 fully saturated rings. The second-order valence-corrected chi connectivity index (χ2v) is 8.07. The summed E-state index contributed by atoms with van der Waals surface area (Å²) in [5.41, 5.74) is 0. The molecule has 1 heterocycles. The summed E-state index contributed by atoms with van der Waals surface area (Å²) in [6, 6.07) is 6.95. The van der Waals surface area contributed by atoms with Crippen LogP contribution in [0.4, 0.5) is 0 Å². The highest BCUT2D eigenvalue weighted by Gasteiger charge is 2.40. The van der Waals surface area contributed by atoms with E-state index in [0.29, 0.717) is 17.5 Å². The van der Waals surface area contributed by atoms with Crippen LogP contribution in [0.25, 0.3) is 0 Å². The summed E-state index contributed by atoms with van der Waals surface area (Å²) in [6.45, 7) is 0.634. The van der Waals surface area contributed by atoms with Crippen molar-refractivity contribution in [3.8, 4) is 0 Å². The van der Waals surface area contributed by atoms with Crippen LogP contribution in [0.1, 0.15) is 38.5 Å². The maximum absolute atomic E-state index is 12.9. The van der Waals surface area contributed by atoms with Crippen LogP contribution >= 0.6 is 11.6 Å². The third kappa shape index (κ3) is 2.49. The van der Waals surface area contributed by atoms with Gasteiger partial charge in [-0.05, 0) is 43.7 Å². The van der Waals surface area contributed by atoms with E-state index in [4.69, 9.17) is 11.6 Å². The standard InChI is InChI=1S/C15H20ClNO2S/c16-13-8-2-4-10-15(13)20(18,19)17-11-5-7-12-6-1-3-9-14(12)17/h2,4,8,10,12,14H,1,3,5-7,9,11H2/t12-,14-/m0/s1. The van der Waals surface area contributed by atoms with Crippen LogP contribution in [0.2, 0.25) is 5.02 Å². The molecule has 0 N–H and O–H groups in total. The zero-order valence-electron chi connectivity index (χ0n) is 11.5. The Bertz CT molecular complexity index is 585. The highest BCUT2D eigenvalue weighted by molar-refractivity contribution is 7.89.